The minimum atomic E-state index is 0. The smallest absolute Gasteiger partial charge is 0.00806 e. The Balaban J connectivity index is 0.000000360. The molecule has 0 aromatic heterocycles. The molecule has 1 aliphatic rings. The van der Waals surface area contributed by atoms with Gasteiger partial charge in [-0.05, 0) is 6.92 Å². The Bertz CT molecular complexity index is 101. The van der Waals surface area contributed by atoms with Crippen LogP contribution < -0.4 is 0 Å². The maximum Gasteiger partial charge on any atom is 0.00806 e. The first kappa shape index (κ1) is 7.40. The first-order valence-electron chi connectivity index (χ1n) is 2.08. The fraction of sp³-hybridized carbons (Fsp3) is 0.167. The summed E-state index contributed by atoms with van der Waals surface area (Å²) >= 11 is 0. The van der Waals surface area contributed by atoms with Gasteiger partial charge in [0.05, 0.1) is 0 Å². The number of allylic oxidation sites excluding steroid dienone is 4. The van der Waals surface area contributed by atoms with E-state index in [1.807, 2.05) is 12.2 Å². The summed E-state index contributed by atoms with van der Waals surface area (Å²) in [6.45, 7) is 2.08. The third-order valence-electron chi connectivity index (χ3n) is 0.829. The van der Waals surface area contributed by atoms with Crippen molar-refractivity contribution >= 4 is 27.3 Å². The predicted molar refractivity (Wildman–Crippen MR) is 33.0 cm³/mol. The second-order valence-electron chi connectivity index (χ2n) is 1.46. The molecule has 0 aromatic carbocycles. The van der Waals surface area contributed by atoms with Gasteiger partial charge in [-0.2, -0.15) is 0 Å². The van der Waals surface area contributed by atoms with Crippen LogP contribution in [0, 0.1) is 6.42 Å². The molecule has 1 rings (SSSR count). The maximum absolute atomic E-state index is 2.08. The van der Waals surface area contributed by atoms with Gasteiger partial charge in [0.2, 0.25) is 0 Å². The molecular weight excluding hydrogens is 276 g/mol. The molecule has 0 aromatic rings. The van der Waals surface area contributed by atoms with Crippen molar-refractivity contribution in [2.75, 3.05) is 0 Å². The van der Waals surface area contributed by atoms with E-state index in [0.29, 0.717) is 0 Å². The zero-order valence-electron chi connectivity index (χ0n) is 4.39. The van der Waals surface area contributed by atoms with E-state index in [1.54, 1.807) is 0 Å². The van der Waals surface area contributed by atoms with Crippen LogP contribution in [0.15, 0.2) is 23.8 Å². The van der Waals surface area contributed by atoms with Crippen LogP contribution in [-0.2, 0) is 0 Å². The van der Waals surface area contributed by atoms with Gasteiger partial charge in [-0.25, -0.2) is 0 Å². The summed E-state index contributed by atoms with van der Waals surface area (Å²) in [6, 6.07) is 0. The van der Waals surface area contributed by atoms with Crippen LogP contribution in [0.5, 0.6) is 0 Å². The molecule has 7 heavy (non-hydrogen) atoms. The summed E-state index contributed by atoms with van der Waals surface area (Å²) in [5.41, 5.74) is 1.34. The molecule has 0 spiro atoms. The van der Waals surface area contributed by atoms with Gasteiger partial charge < -0.3 is 0 Å². The van der Waals surface area contributed by atoms with Gasteiger partial charge in [-0.1, -0.05) is 23.8 Å². The average Bonchev–Trinajstić information content (AvgIpc) is 1.86. The van der Waals surface area contributed by atoms with E-state index in [0.717, 1.165) is 0 Å². The molecular formula is C6H7Tl. The molecule has 0 amide bonds. The molecule has 0 nitrogen and oxygen atoms in total. The SMILES string of the molecule is CC1=CC=C[CH]1.[Tl]. The third kappa shape index (κ3) is 2.26. The molecule has 0 fully saturated rings. The minimum absolute atomic E-state index is 0. The van der Waals surface area contributed by atoms with Crippen molar-refractivity contribution in [3.63, 3.8) is 0 Å². The van der Waals surface area contributed by atoms with Crippen molar-refractivity contribution in [3.8, 4) is 0 Å². The predicted octanol–water partition coefficient (Wildman–Crippen LogP) is 1.33. The van der Waals surface area contributed by atoms with Crippen LogP contribution in [0.1, 0.15) is 6.92 Å². The summed E-state index contributed by atoms with van der Waals surface area (Å²) in [5, 5.41) is 0. The van der Waals surface area contributed by atoms with Crippen LogP contribution in [0.4, 0.5) is 0 Å². The Morgan fingerprint density at radius 3 is 2.14 bits per heavy atom. The van der Waals surface area contributed by atoms with Crippen LogP contribution >= 0.6 is 0 Å². The Kier molecular flexibility index (Phi) is 3.61. The first-order chi connectivity index (χ1) is 2.89. The normalized spacial score (nSPS) is 15.9. The van der Waals surface area contributed by atoms with E-state index in [1.165, 1.54) is 5.57 Å². The molecule has 0 N–H and O–H groups in total. The van der Waals surface area contributed by atoms with Gasteiger partial charge in [-0.15, -0.1) is 0 Å². The Hall–Kier alpha value is 0.402. The summed E-state index contributed by atoms with van der Waals surface area (Å²) in [4.78, 5) is 0. The fourth-order valence-corrected chi connectivity index (χ4v) is 0.470. The second-order valence-corrected chi connectivity index (χ2v) is 1.46. The van der Waals surface area contributed by atoms with Gasteiger partial charge in [0.15, 0.2) is 0 Å². The first-order valence-corrected chi connectivity index (χ1v) is 2.08. The number of rotatable bonds is 0. The van der Waals surface area contributed by atoms with Crippen molar-refractivity contribution in [1.29, 1.82) is 0 Å². The summed E-state index contributed by atoms with van der Waals surface area (Å²) in [6.07, 6.45) is 8.24. The van der Waals surface area contributed by atoms with E-state index in [2.05, 4.69) is 19.4 Å². The monoisotopic (exact) mass is 284 g/mol. The van der Waals surface area contributed by atoms with Crippen molar-refractivity contribution in [2.24, 2.45) is 0 Å². The van der Waals surface area contributed by atoms with Gasteiger partial charge in [0, 0.05) is 33.7 Å². The van der Waals surface area contributed by atoms with E-state index >= 15 is 0 Å². The van der Waals surface area contributed by atoms with E-state index in [4.69, 9.17) is 0 Å². The molecule has 0 unspecified atom stereocenters. The molecule has 2 radical (unpaired) electrons. The molecule has 1 heteroatoms. The summed E-state index contributed by atoms with van der Waals surface area (Å²) < 4.78 is 0. The van der Waals surface area contributed by atoms with Crippen molar-refractivity contribution < 1.29 is 0 Å². The van der Waals surface area contributed by atoms with Crippen LogP contribution in [-0.4, -0.2) is 27.3 Å². The Morgan fingerprint density at radius 1 is 1.29 bits per heavy atom. The van der Waals surface area contributed by atoms with Gasteiger partial charge in [-0.3, -0.25) is 0 Å². The fourth-order valence-electron chi connectivity index (χ4n) is 0.470. The second kappa shape index (κ2) is 3.41. The van der Waals surface area contributed by atoms with E-state index in [-0.39, 0.29) is 27.3 Å². The molecule has 1 aliphatic carbocycles. The zero-order valence-corrected chi connectivity index (χ0v) is 8.88. The van der Waals surface area contributed by atoms with Gasteiger partial charge in [0.1, 0.15) is 0 Å². The average molecular weight is 284 g/mol. The quantitative estimate of drug-likeness (QED) is 0.588. The zero-order chi connectivity index (χ0) is 4.41. The number of hydrogen-bond donors (Lipinski definition) is 0. The molecule has 0 heterocycles. The summed E-state index contributed by atoms with van der Waals surface area (Å²) in [5.74, 6) is 0. The van der Waals surface area contributed by atoms with E-state index < -0.39 is 0 Å². The van der Waals surface area contributed by atoms with Crippen molar-refractivity contribution in [3.05, 3.63) is 30.2 Å². The van der Waals surface area contributed by atoms with Gasteiger partial charge in [0.25, 0.3) is 0 Å². The summed E-state index contributed by atoms with van der Waals surface area (Å²) in [7, 11) is 0. The molecule has 0 saturated heterocycles. The molecule has 34 valence electrons. The molecule has 0 bridgehead atoms. The standard InChI is InChI=1S/C6H7.Tl/c1-6-4-2-3-5-6;/h2-5H,1H3;. The topological polar surface area (TPSA) is 0 Å². The van der Waals surface area contributed by atoms with Crippen molar-refractivity contribution in [1.82, 2.24) is 0 Å². The van der Waals surface area contributed by atoms with Crippen LogP contribution in [0.3, 0.4) is 0 Å². The number of hydrogen-bond acceptors (Lipinski definition) is 0. The van der Waals surface area contributed by atoms with Gasteiger partial charge >= 0.3 is 0 Å². The molecule has 0 atom stereocenters. The van der Waals surface area contributed by atoms with Crippen LogP contribution in [0.2, 0.25) is 0 Å². The minimum Gasteiger partial charge on any atom is -0.0764 e. The van der Waals surface area contributed by atoms with Crippen molar-refractivity contribution in [2.45, 2.75) is 6.92 Å². The Labute approximate surface area is 64.5 Å². The maximum atomic E-state index is 2.08. The van der Waals surface area contributed by atoms with Crippen LogP contribution in [0.25, 0.3) is 0 Å². The Morgan fingerprint density at radius 2 is 2.00 bits per heavy atom. The molecule has 0 aliphatic heterocycles. The third-order valence-corrected chi connectivity index (χ3v) is 0.829. The van der Waals surface area contributed by atoms with E-state index in [9.17, 15) is 0 Å². The largest absolute Gasteiger partial charge is 0.0764 e. The molecule has 0 saturated carbocycles.